The number of nitriles is 2. The summed E-state index contributed by atoms with van der Waals surface area (Å²) in [6.45, 7) is 10.5. The largest absolute Gasteiger partial charge is 0.444 e. The monoisotopic (exact) mass is 1280 g/mol. The lowest BCUT2D eigenvalue weighted by molar-refractivity contribution is -0.113. The number of Topliss-reactive ketones (excluding diaryl/α,β-unsaturated/α-hetero) is 1. The highest BCUT2D eigenvalue weighted by Gasteiger charge is 2.25. The molecule has 6 aromatic heterocycles. The van der Waals surface area contributed by atoms with Crippen LogP contribution in [0.15, 0.2) is 187 Å². The summed E-state index contributed by atoms with van der Waals surface area (Å²) >= 11 is 23.3. The number of anilines is 1. The van der Waals surface area contributed by atoms with Crippen molar-refractivity contribution in [2.45, 2.75) is 65.6 Å². The Bertz CT molecular complexity index is 4450. The van der Waals surface area contributed by atoms with Crippen molar-refractivity contribution in [1.29, 1.82) is 10.5 Å². The fourth-order valence-corrected chi connectivity index (χ4v) is 9.43. The van der Waals surface area contributed by atoms with Crippen molar-refractivity contribution in [1.82, 2.24) is 29.5 Å². The molecule has 0 bridgehead atoms. The molecule has 0 atom stereocenters. The maximum atomic E-state index is 13.0. The van der Waals surface area contributed by atoms with Crippen LogP contribution in [0.4, 0.5) is 15.3 Å². The molecule has 0 unspecified atom stereocenters. The normalized spacial score (nSPS) is 11.3. The molecule has 0 aliphatic heterocycles. The van der Waals surface area contributed by atoms with Gasteiger partial charge < -0.3 is 9.47 Å². The van der Waals surface area contributed by atoms with E-state index in [0.29, 0.717) is 74.2 Å². The number of rotatable bonds is 7. The first-order chi connectivity index (χ1) is 43.0. The molecule has 452 valence electrons. The van der Waals surface area contributed by atoms with Crippen LogP contribution < -0.4 is 10.9 Å². The van der Waals surface area contributed by atoms with E-state index in [2.05, 4.69) is 42.4 Å². The molecule has 0 fully saturated rings. The van der Waals surface area contributed by atoms with E-state index in [9.17, 15) is 28.8 Å². The molecular formula is C69H55Cl4N9O8. The third-order valence-corrected chi connectivity index (χ3v) is 13.5. The van der Waals surface area contributed by atoms with Crippen molar-refractivity contribution in [3.05, 3.63) is 248 Å². The number of pyridine rings is 6. The zero-order valence-electron chi connectivity index (χ0n) is 49.2. The van der Waals surface area contributed by atoms with Crippen LogP contribution in [0.3, 0.4) is 0 Å². The van der Waals surface area contributed by atoms with Crippen molar-refractivity contribution < 1.29 is 33.4 Å². The zero-order valence-corrected chi connectivity index (χ0v) is 52.3. The van der Waals surface area contributed by atoms with E-state index in [1.165, 1.54) is 18.5 Å². The minimum atomic E-state index is -0.748. The van der Waals surface area contributed by atoms with Gasteiger partial charge in [-0.1, -0.05) is 156 Å². The van der Waals surface area contributed by atoms with Crippen LogP contribution in [-0.2, 0) is 31.9 Å². The maximum Gasteiger partial charge on any atom is 0.422 e. The summed E-state index contributed by atoms with van der Waals surface area (Å²) in [4.78, 5) is 90.8. The summed E-state index contributed by atoms with van der Waals surface area (Å²) in [5, 5.41) is 22.2. The quantitative estimate of drug-likeness (QED) is 0.0885. The minimum Gasteiger partial charge on any atom is -0.444 e. The summed E-state index contributed by atoms with van der Waals surface area (Å²) in [5.41, 5.74) is 7.31. The van der Waals surface area contributed by atoms with Crippen molar-refractivity contribution >= 4 is 115 Å². The molecule has 11 rings (SSSR count). The lowest BCUT2D eigenvalue weighted by atomic mass is 9.87. The number of fused-ring (bicyclic) bond motifs is 3. The van der Waals surface area contributed by atoms with Crippen LogP contribution in [-0.4, -0.2) is 70.2 Å². The number of ether oxygens (including phenoxy) is 2. The van der Waals surface area contributed by atoms with E-state index in [0.717, 1.165) is 37.9 Å². The van der Waals surface area contributed by atoms with Crippen LogP contribution in [0.5, 0.6) is 0 Å². The van der Waals surface area contributed by atoms with Crippen LogP contribution in [0, 0.1) is 22.7 Å². The predicted octanol–water partition coefficient (Wildman–Crippen LogP) is 15.8. The van der Waals surface area contributed by atoms with Gasteiger partial charge in [0.2, 0.25) is 5.24 Å². The number of halogens is 4. The van der Waals surface area contributed by atoms with Gasteiger partial charge in [-0.3, -0.25) is 24.5 Å². The van der Waals surface area contributed by atoms with Gasteiger partial charge in [-0.25, -0.2) is 39.1 Å². The van der Waals surface area contributed by atoms with Gasteiger partial charge in [-0.2, -0.15) is 10.5 Å². The average molecular weight is 1280 g/mol. The molecule has 6 heterocycles. The van der Waals surface area contributed by atoms with Crippen molar-refractivity contribution in [2.24, 2.45) is 0 Å². The number of nitrogens with zero attached hydrogens (tertiary/aromatic N) is 8. The molecule has 1 N–H and O–H groups in total. The molecule has 4 aromatic carbocycles. The number of carbonyl (C=O) groups is 5. The van der Waals surface area contributed by atoms with Crippen LogP contribution >= 0.6 is 46.4 Å². The molecule has 0 spiro atoms. The molecule has 1 amide bonds. The Kier molecular flexibility index (Phi) is 23.2. The Hall–Kier alpha value is -10.3. The van der Waals surface area contributed by atoms with Gasteiger partial charge in [-0.05, 0) is 123 Å². The molecule has 21 heteroatoms. The lowest BCUT2D eigenvalue weighted by Crippen LogP contribution is -2.34. The molecule has 0 radical (unpaired) electrons. The fourth-order valence-electron chi connectivity index (χ4n) is 8.61. The van der Waals surface area contributed by atoms with Gasteiger partial charge in [0.05, 0.1) is 22.3 Å². The van der Waals surface area contributed by atoms with Gasteiger partial charge in [0.15, 0.2) is 12.1 Å². The van der Waals surface area contributed by atoms with Crippen LogP contribution in [0.2, 0.25) is 15.5 Å². The number of hydrogen-bond donors (Lipinski definition) is 1. The highest BCUT2D eigenvalue weighted by Crippen LogP contribution is 2.32. The standard InChI is InChI=1S/C19H17ClN2O3.C16H10N2O.C15H8ClN3.C11H13ClN2O3.C8H7ClO/c1-19(2,3)25-18(24)22-15-9-10-21-16(20)14(15)11-13(17(22)23)12-7-5-4-6-8-12;17-10-15-13-9-14(11-4-2-1-3-5-11)16(19)8-12(13)6-7-18-15;16-15-11(10-4-2-1-3-5-10)8-12-13(19-15)6-7-18-14(12)9-17;1-11(2,3)17-10(16)14-8-4-5-13-9(12)7(8)6-15;9-8(10)6-7-4-2-1-3-5-7/h4-11H,1-3H3;1-7,9H,8H2;1-8H;4-6H,1-3H3,(H,13,14,16);1-5H,6H2. The number of carbonyl (C=O) groups excluding carboxylic acids is 5. The zero-order chi connectivity index (χ0) is 65.1. The van der Waals surface area contributed by atoms with Gasteiger partial charge >= 0.3 is 12.2 Å². The Balaban J connectivity index is 0.000000164. The van der Waals surface area contributed by atoms with Crippen molar-refractivity contribution in [3.63, 3.8) is 0 Å². The number of benzene rings is 4. The molecular weight excluding hydrogens is 1220 g/mol. The van der Waals surface area contributed by atoms with E-state index in [4.69, 9.17) is 66.4 Å². The minimum absolute atomic E-state index is 0.0357. The number of aromatic nitrogens is 6. The van der Waals surface area contributed by atoms with Gasteiger partial charge in [-0.15, -0.1) is 0 Å². The number of ketones is 1. The van der Waals surface area contributed by atoms with E-state index in [-0.39, 0.29) is 32.6 Å². The summed E-state index contributed by atoms with van der Waals surface area (Å²) in [5.74, 6) is 0.0776. The molecule has 90 heavy (non-hydrogen) atoms. The second-order valence-electron chi connectivity index (χ2n) is 21.3. The number of amides is 1. The molecule has 0 saturated heterocycles. The second kappa shape index (κ2) is 31.1. The Morgan fingerprint density at radius 1 is 0.622 bits per heavy atom. The summed E-state index contributed by atoms with van der Waals surface area (Å²) in [6, 6.07) is 52.0. The Labute approximate surface area is 538 Å². The topological polar surface area (TPSA) is 250 Å². The van der Waals surface area contributed by atoms with Gasteiger partial charge in [0, 0.05) is 70.7 Å². The van der Waals surface area contributed by atoms with E-state index < -0.39 is 28.9 Å². The van der Waals surface area contributed by atoms with Crippen molar-refractivity contribution in [3.8, 4) is 34.4 Å². The number of allylic oxidation sites excluding steroid dienone is 1. The highest BCUT2D eigenvalue weighted by atomic mass is 35.5. The smallest absolute Gasteiger partial charge is 0.422 e. The third kappa shape index (κ3) is 18.4. The summed E-state index contributed by atoms with van der Waals surface area (Å²) in [6.07, 6.45) is 7.54. The van der Waals surface area contributed by atoms with Gasteiger partial charge in [0.25, 0.3) is 5.56 Å². The predicted molar refractivity (Wildman–Crippen MR) is 350 cm³/mol. The second-order valence-corrected chi connectivity index (χ2v) is 22.8. The molecule has 0 saturated carbocycles. The molecule has 10 aromatic rings. The molecule has 1 aliphatic carbocycles. The third-order valence-electron chi connectivity index (χ3n) is 12.5. The van der Waals surface area contributed by atoms with E-state index >= 15 is 0 Å². The van der Waals surface area contributed by atoms with Gasteiger partial charge in [0.1, 0.15) is 50.2 Å². The Morgan fingerprint density at radius 2 is 1.14 bits per heavy atom. The molecule has 1 aliphatic rings. The first-order valence-electron chi connectivity index (χ1n) is 27.4. The SMILES string of the molecule is CC(C)(C)OC(=O)Nc1ccnc(Cl)c1C=O.CC(C)(C)OC(=O)n1c(=O)c(-c2ccccc2)cc2c(Cl)nccc21.N#Cc1nccc2c1C=C(c1ccccc1)C(=O)C2.N#Cc1nccc2nc(Cl)c(-c3ccccc3)cc12.O=C(Cl)Cc1ccccc1. The van der Waals surface area contributed by atoms with Crippen LogP contribution in [0.25, 0.3) is 55.7 Å². The number of aldehydes is 1. The Morgan fingerprint density at radius 3 is 1.72 bits per heavy atom. The van der Waals surface area contributed by atoms with Crippen LogP contribution in [0.1, 0.15) is 85.5 Å². The summed E-state index contributed by atoms with van der Waals surface area (Å²) < 4.78 is 11.5. The number of hydrogen-bond acceptors (Lipinski definition) is 15. The molecule has 17 nitrogen and oxygen atoms in total. The first-order valence-corrected chi connectivity index (χ1v) is 28.9. The first kappa shape index (κ1) is 67.2. The summed E-state index contributed by atoms with van der Waals surface area (Å²) in [7, 11) is 0. The maximum absolute atomic E-state index is 13.0. The lowest BCUT2D eigenvalue weighted by Gasteiger charge is -2.21. The van der Waals surface area contributed by atoms with E-state index in [1.54, 1.807) is 96.4 Å². The van der Waals surface area contributed by atoms with E-state index in [1.807, 2.05) is 115 Å². The average Bonchev–Trinajstić information content (AvgIpc) is 0.888. The fraction of sp³-hybridized carbons (Fsp3) is 0.145. The number of nitrogens with one attached hydrogen (secondary N) is 1. The highest BCUT2D eigenvalue weighted by molar-refractivity contribution is 6.63. The van der Waals surface area contributed by atoms with Crippen molar-refractivity contribution in [2.75, 3.05) is 5.32 Å².